The maximum absolute atomic E-state index is 9.05. The number of nitriles is 2. The molecule has 2 aromatic carbocycles. The number of hydrogen-bond acceptors (Lipinski definition) is 3. The molecular weight excluding hydrogens is 246 g/mol. The molecular formula is C17H15N3. The minimum atomic E-state index is 0.190. The molecule has 98 valence electrons. The molecule has 2 aromatic rings. The lowest BCUT2D eigenvalue weighted by atomic mass is 10.0. The van der Waals surface area contributed by atoms with Crippen LogP contribution in [-0.4, -0.2) is 0 Å². The smallest absolute Gasteiger partial charge is 0.101 e. The summed E-state index contributed by atoms with van der Waals surface area (Å²) in [6.45, 7) is 2.11. The van der Waals surface area contributed by atoms with Crippen LogP contribution in [0.2, 0.25) is 0 Å². The third-order valence-corrected chi connectivity index (χ3v) is 3.21. The molecule has 0 radical (unpaired) electrons. The fraction of sp³-hybridized carbons (Fsp3) is 0.176. The van der Waals surface area contributed by atoms with Gasteiger partial charge >= 0.3 is 0 Å². The summed E-state index contributed by atoms with van der Waals surface area (Å²) in [7, 11) is 0. The SMILES string of the molecule is CCC(Nc1ccc(C#N)c(C#N)c1)c1ccccc1. The van der Waals surface area contributed by atoms with Crippen molar-refractivity contribution < 1.29 is 0 Å². The van der Waals surface area contributed by atoms with Crippen LogP contribution in [0, 0.1) is 22.7 Å². The molecule has 0 heterocycles. The summed E-state index contributed by atoms with van der Waals surface area (Å²) in [5.41, 5.74) is 2.88. The van der Waals surface area contributed by atoms with Gasteiger partial charge in [0.15, 0.2) is 0 Å². The molecule has 0 aliphatic rings. The first kappa shape index (κ1) is 13.6. The summed E-state index contributed by atoms with van der Waals surface area (Å²) < 4.78 is 0. The Morgan fingerprint density at radius 2 is 1.70 bits per heavy atom. The van der Waals surface area contributed by atoms with Crippen LogP contribution in [0.5, 0.6) is 0 Å². The van der Waals surface area contributed by atoms with E-state index in [4.69, 9.17) is 10.5 Å². The standard InChI is InChI=1S/C17H15N3/c1-2-17(13-6-4-3-5-7-13)20-16-9-8-14(11-18)15(10-16)12-19/h3-10,17,20H,2H2,1H3. The van der Waals surface area contributed by atoms with Gasteiger partial charge < -0.3 is 5.32 Å². The molecule has 20 heavy (non-hydrogen) atoms. The van der Waals surface area contributed by atoms with Gasteiger partial charge in [-0.3, -0.25) is 0 Å². The van der Waals surface area contributed by atoms with E-state index < -0.39 is 0 Å². The van der Waals surface area contributed by atoms with Gasteiger partial charge in [-0.15, -0.1) is 0 Å². The second kappa shape index (κ2) is 6.41. The normalized spacial score (nSPS) is 11.2. The van der Waals surface area contributed by atoms with Crippen molar-refractivity contribution in [3.05, 3.63) is 65.2 Å². The van der Waals surface area contributed by atoms with Crippen molar-refractivity contribution in [1.29, 1.82) is 10.5 Å². The molecule has 0 amide bonds. The highest BCUT2D eigenvalue weighted by Gasteiger charge is 2.10. The summed E-state index contributed by atoms with van der Waals surface area (Å²) in [6.07, 6.45) is 0.936. The van der Waals surface area contributed by atoms with Gasteiger partial charge in [0.1, 0.15) is 12.1 Å². The van der Waals surface area contributed by atoms with E-state index in [1.807, 2.05) is 30.3 Å². The quantitative estimate of drug-likeness (QED) is 0.905. The van der Waals surface area contributed by atoms with Crippen molar-refractivity contribution in [2.75, 3.05) is 5.32 Å². The van der Waals surface area contributed by atoms with Crippen LogP contribution in [0.1, 0.15) is 36.1 Å². The fourth-order valence-corrected chi connectivity index (χ4v) is 2.13. The van der Waals surface area contributed by atoms with Crippen molar-refractivity contribution in [3.8, 4) is 12.1 Å². The molecule has 1 atom stereocenters. The molecule has 0 aliphatic carbocycles. The van der Waals surface area contributed by atoms with Crippen LogP contribution in [0.3, 0.4) is 0 Å². The number of hydrogen-bond donors (Lipinski definition) is 1. The number of nitrogens with zero attached hydrogens (tertiary/aromatic N) is 2. The third kappa shape index (κ3) is 2.96. The lowest BCUT2D eigenvalue weighted by Gasteiger charge is -2.19. The van der Waals surface area contributed by atoms with Gasteiger partial charge in [-0.2, -0.15) is 10.5 Å². The Bertz CT molecular complexity index is 663. The molecule has 0 spiro atoms. The predicted molar refractivity (Wildman–Crippen MR) is 79.0 cm³/mol. The van der Waals surface area contributed by atoms with Gasteiger partial charge in [0.25, 0.3) is 0 Å². The zero-order valence-corrected chi connectivity index (χ0v) is 11.3. The zero-order chi connectivity index (χ0) is 14.4. The van der Waals surface area contributed by atoms with E-state index in [0.29, 0.717) is 11.1 Å². The Morgan fingerprint density at radius 3 is 2.30 bits per heavy atom. The lowest BCUT2D eigenvalue weighted by Crippen LogP contribution is -2.09. The highest BCUT2D eigenvalue weighted by atomic mass is 14.9. The maximum atomic E-state index is 9.05. The zero-order valence-electron chi connectivity index (χ0n) is 11.3. The van der Waals surface area contributed by atoms with E-state index >= 15 is 0 Å². The number of nitrogens with one attached hydrogen (secondary N) is 1. The molecule has 1 N–H and O–H groups in total. The molecule has 0 aliphatic heterocycles. The molecule has 0 saturated heterocycles. The first-order valence-corrected chi connectivity index (χ1v) is 6.54. The van der Waals surface area contributed by atoms with Crippen LogP contribution in [-0.2, 0) is 0 Å². The van der Waals surface area contributed by atoms with Gasteiger partial charge in [0, 0.05) is 5.69 Å². The topological polar surface area (TPSA) is 59.6 Å². The number of benzene rings is 2. The van der Waals surface area contributed by atoms with E-state index in [-0.39, 0.29) is 6.04 Å². The van der Waals surface area contributed by atoms with Crippen molar-refractivity contribution in [2.24, 2.45) is 0 Å². The average molecular weight is 261 g/mol. The number of anilines is 1. The minimum absolute atomic E-state index is 0.190. The van der Waals surface area contributed by atoms with Gasteiger partial charge in [-0.1, -0.05) is 37.3 Å². The third-order valence-electron chi connectivity index (χ3n) is 3.21. The van der Waals surface area contributed by atoms with Gasteiger partial charge in [0.05, 0.1) is 17.2 Å². The Kier molecular flexibility index (Phi) is 4.37. The Balaban J connectivity index is 2.25. The molecule has 0 aromatic heterocycles. The highest BCUT2D eigenvalue weighted by molar-refractivity contribution is 5.57. The van der Waals surface area contributed by atoms with Crippen LogP contribution < -0.4 is 5.32 Å². The maximum Gasteiger partial charge on any atom is 0.101 e. The second-order valence-corrected chi connectivity index (χ2v) is 4.50. The molecule has 3 heteroatoms. The van der Waals surface area contributed by atoms with Crippen molar-refractivity contribution in [2.45, 2.75) is 19.4 Å². The summed E-state index contributed by atoms with van der Waals surface area (Å²) in [5.74, 6) is 0. The van der Waals surface area contributed by atoms with Crippen LogP contribution in [0.15, 0.2) is 48.5 Å². The van der Waals surface area contributed by atoms with Crippen molar-refractivity contribution >= 4 is 5.69 Å². The van der Waals surface area contributed by atoms with Crippen LogP contribution >= 0.6 is 0 Å². The molecule has 0 bridgehead atoms. The molecule has 2 rings (SSSR count). The molecule has 0 saturated carbocycles. The predicted octanol–water partition coefficient (Wildman–Crippen LogP) is 3.99. The summed E-state index contributed by atoms with van der Waals surface area (Å²) in [4.78, 5) is 0. The fourth-order valence-electron chi connectivity index (χ4n) is 2.13. The Morgan fingerprint density at radius 1 is 1.00 bits per heavy atom. The second-order valence-electron chi connectivity index (χ2n) is 4.50. The first-order valence-electron chi connectivity index (χ1n) is 6.54. The van der Waals surface area contributed by atoms with E-state index in [1.165, 1.54) is 5.56 Å². The van der Waals surface area contributed by atoms with Crippen LogP contribution in [0.4, 0.5) is 5.69 Å². The van der Waals surface area contributed by atoms with Gasteiger partial charge in [0.2, 0.25) is 0 Å². The average Bonchev–Trinajstić information content (AvgIpc) is 2.53. The van der Waals surface area contributed by atoms with Crippen molar-refractivity contribution in [1.82, 2.24) is 0 Å². The minimum Gasteiger partial charge on any atom is -0.378 e. The first-order chi connectivity index (χ1) is 9.78. The largest absolute Gasteiger partial charge is 0.378 e. The molecule has 0 fully saturated rings. The van der Waals surface area contributed by atoms with Gasteiger partial charge in [-0.25, -0.2) is 0 Å². The van der Waals surface area contributed by atoms with E-state index in [0.717, 1.165) is 12.1 Å². The summed E-state index contributed by atoms with van der Waals surface area (Å²) in [6, 6.07) is 19.7. The highest BCUT2D eigenvalue weighted by Crippen LogP contribution is 2.23. The number of rotatable bonds is 4. The summed E-state index contributed by atoms with van der Waals surface area (Å²) in [5, 5.41) is 21.4. The summed E-state index contributed by atoms with van der Waals surface area (Å²) >= 11 is 0. The van der Waals surface area contributed by atoms with E-state index in [9.17, 15) is 0 Å². The van der Waals surface area contributed by atoms with E-state index in [1.54, 1.807) is 12.1 Å². The monoisotopic (exact) mass is 261 g/mol. The molecule has 3 nitrogen and oxygen atoms in total. The van der Waals surface area contributed by atoms with E-state index in [2.05, 4.69) is 30.4 Å². The van der Waals surface area contributed by atoms with Crippen LogP contribution in [0.25, 0.3) is 0 Å². The Labute approximate surface area is 119 Å². The Hall–Kier alpha value is -2.78. The van der Waals surface area contributed by atoms with Crippen molar-refractivity contribution in [3.63, 3.8) is 0 Å². The molecule has 1 unspecified atom stereocenters. The lowest BCUT2D eigenvalue weighted by molar-refractivity contribution is 0.749. The van der Waals surface area contributed by atoms with Gasteiger partial charge in [-0.05, 0) is 30.2 Å².